The highest BCUT2D eigenvalue weighted by atomic mass is 19.1. The van der Waals surface area contributed by atoms with E-state index in [0.29, 0.717) is 13.0 Å². The van der Waals surface area contributed by atoms with Crippen molar-refractivity contribution in [1.82, 2.24) is 5.32 Å². The summed E-state index contributed by atoms with van der Waals surface area (Å²) >= 11 is 0. The molecule has 0 spiro atoms. The maximum absolute atomic E-state index is 12.8. The standard InChI is InChI=1S/C18H19FN2O2/c1-14-4-2-3-5-16(14)12-21-23-13-18(22)20-11-10-15-6-8-17(19)9-7-15/h2-9,12H,10-11,13H2,1H3,(H,20,22)/b21-12-. The molecule has 4 nitrogen and oxygen atoms in total. The number of aryl methyl sites for hydroxylation is 1. The van der Waals surface area contributed by atoms with E-state index in [0.717, 1.165) is 16.7 Å². The Morgan fingerprint density at radius 3 is 2.70 bits per heavy atom. The fraction of sp³-hybridized carbons (Fsp3) is 0.222. The largest absolute Gasteiger partial charge is 0.386 e. The molecule has 5 heteroatoms. The van der Waals surface area contributed by atoms with Crippen LogP contribution < -0.4 is 5.32 Å². The summed E-state index contributed by atoms with van der Waals surface area (Å²) in [6.45, 7) is 2.31. The zero-order chi connectivity index (χ0) is 16.5. The van der Waals surface area contributed by atoms with Crippen molar-refractivity contribution in [2.75, 3.05) is 13.2 Å². The van der Waals surface area contributed by atoms with Crippen LogP contribution in [0.15, 0.2) is 53.7 Å². The average molecular weight is 314 g/mol. The van der Waals surface area contributed by atoms with Gasteiger partial charge < -0.3 is 10.2 Å². The number of nitrogens with one attached hydrogen (secondary N) is 1. The van der Waals surface area contributed by atoms with Crippen molar-refractivity contribution in [2.24, 2.45) is 5.16 Å². The molecule has 0 fully saturated rings. The van der Waals surface area contributed by atoms with Gasteiger partial charge in [-0.15, -0.1) is 0 Å². The molecule has 2 rings (SSSR count). The summed E-state index contributed by atoms with van der Waals surface area (Å²) in [5.41, 5.74) is 3.00. The second-order valence-corrected chi connectivity index (χ2v) is 5.09. The third-order valence-corrected chi connectivity index (χ3v) is 3.30. The first-order valence-corrected chi connectivity index (χ1v) is 7.37. The lowest BCUT2D eigenvalue weighted by Crippen LogP contribution is -2.28. The minimum atomic E-state index is -0.266. The van der Waals surface area contributed by atoms with Gasteiger partial charge in [0.05, 0.1) is 6.21 Å². The summed E-state index contributed by atoms with van der Waals surface area (Å²) in [6, 6.07) is 14.0. The topological polar surface area (TPSA) is 50.7 Å². The van der Waals surface area contributed by atoms with Gasteiger partial charge in [0.2, 0.25) is 0 Å². The average Bonchev–Trinajstić information content (AvgIpc) is 2.55. The molecule has 2 aromatic carbocycles. The van der Waals surface area contributed by atoms with E-state index >= 15 is 0 Å². The van der Waals surface area contributed by atoms with Crippen molar-refractivity contribution in [3.63, 3.8) is 0 Å². The summed E-state index contributed by atoms with van der Waals surface area (Å²) < 4.78 is 12.8. The molecule has 2 aromatic rings. The van der Waals surface area contributed by atoms with Gasteiger partial charge in [-0.25, -0.2) is 4.39 Å². The van der Waals surface area contributed by atoms with Crippen molar-refractivity contribution < 1.29 is 14.0 Å². The molecule has 0 aliphatic rings. The Labute approximate surface area is 135 Å². The number of nitrogens with zero attached hydrogens (tertiary/aromatic N) is 1. The van der Waals surface area contributed by atoms with Crippen molar-refractivity contribution >= 4 is 12.1 Å². The van der Waals surface area contributed by atoms with Gasteiger partial charge in [-0.2, -0.15) is 0 Å². The van der Waals surface area contributed by atoms with E-state index < -0.39 is 0 Å². The first-order chi connectivity index (χ1) is 11.1. The van der Waals surface area contributed by atoms with Crippen LogP contribution in [0.25, 0.3) is 0 Å². The van der Waals surface area contributed by atoms with Gasteiger partial charge in [0.1, 0.15) is 5.82 Å². The van der Waals surface area contributed by atoms with Crippen LogP contribution in [0.1, 0.15) is 16.7 Å². The van der Waals surface area contributed by atoms with Gasteiger partial charge in [-0.3, -0.25) is 4.79 Å². The Balaban J connectivity index is 1.65. The molecule has 0 saturated carbocycles. The number of amides is 1. The Hall–Kier alpha value is -2.69. The highest BCUT2D eigenvalue weighted by molar-refractivity contribution is 5.81. The van der Waals surface area contributed by atoms with Crippen LogP contribution >= 0.6 is 0 Å². The van der Waals surface area contributed by atoms with E-state index in [9.17, 15) is 9.18 Å². The minimum Gasteiger partial charge on any atom is -0.386 e. The maximum atomic E-state index is 12.8. The molecule has 0 heterocycles. The Kier molecular flexibility index (Phi) is 6.29. The molecule has 0 radical (unpaired) electrons. The lowest BCUT2D eigenvalue weighted by atomic mass is 10.1. The minimum absolute atomic E-state index is 0.133. The van der Waals surface area contributed by atoms with E-state index in [1.54, 1.807) is 18.3 Å². The first kappa shape index (κ1) is 16.7. The zero-order valence-corrected chi connectivity index (χ0v) is 13.0. The van der Waals surface area contributed by atoms with Crippen molar-refractivity contribution in [2.45, 2.75) is 13.3 Å². The lowest BCUT2D eigenvalue weighted by Gasteiger charge is -2.04. The number of carbonyl (C=O) groups excluding carboxylic acids is 1. The predicted octanol–water partition coefficient (Wildman–Crippen LogP) is 2.84. The van der Waals surface area contributed by atoms with Gasteiger partial charge in [0.15, 0.2) is 6.61 Å². The maximum Gasteiger partial charge on any atom is 0.260 e. The summed E-state index contributed by atoms with van der Waals surface area (Å²) in [4.78, 5) is 16.6. The van der Waals surface area contributed by atoms with Crippen LogP contribution in [0.2, 0.25) is 0 Å². The monoisotopic (exact) mass is 314 g/mol. The number of rotatable bonds is 7. The summed E-state index contributed by atoms with van der Waals surface area (Å²) in [5.74, 6) is -0.508. The van der Waals surface area contributed by atoms with Crippen molar-refractivity contribution in [3.8, 4) is 0 Å². The molecular weight excluding hydrogens is 295 g/mol. The molecular formula is C18H19FN2O2. The summed E-state index contributed by atoms with van der Waals surface area (Å²) in [7, 11) is 0. The van der Waals surface area contributed by atoms with E-state index in [-0.39, 0.29) is 18.3 Å². The smallest absolute Gasteiger partial charge is 0.260 e. The van der Waals surface area contributed by atoms with Crippen LogP contribution in [0, 0.1) is 12.7 Å². The Bertz CT molecular complexity index is 669. The number of oxime groups is 1. The molecule has 1 amide bonds. The van der Waals surface area contributed by atoms with Gasteiger partial charge in [-0.1, -0.05) is 41.6 Å². The quantitative estimate of drug-likeness (QED) is 0.631. The van der Waals surface area contributed by atoms with Crippen molar-refractivity contribution in [3.05, 3.63) is 71.0 Å². The van der Waals surface area contributed by atoms with Gasteiger partial charge in [-0.05, 0) is 42.2 Å². The molecule has 120 valence electrons. The molecule has 0 saturated heterocycles. The van der Waals surface area contributed by atoms with Gasteiger partial charge >= 0.3 is 0 Å². The number of hydrogen-bond acceptors (Lipinski definition) is 3. The van der Waals surface area contributed by atoms with Crippen molar-refractivity contribution in [1.29, 1.82) is 0 Å². The third kappa shape index (κ3) is 5.90. The zero-order valence-electron chi connectivity index (χ0n) is 13.0. The highest BCUT2D eigenvalue weighted by Crippen LogP contribution is 2.04. The second kappa shape index (κ2) is 8.68. The highest BCUT2D eigenvalue weighted by Gasteiger charge is 2.01. The number of halogens is 1. The van der Waals surface area contributed by atoms with Gasteiger partial charge in [0.25, 0.3) is 5.91 Å². The van der Waals surface area contributed by atoms with Gasteiger partial charge in [0, 0.05) is 6.54 Å². The normalized spacial score (nSPS) is 10.7. The van der Waals surface area contributed by atoms with Crippen LogP contribution in [0.3, 0.4) is 0 Å². The molecule has 0 bridgehead atoms. The van der Waals surface area contributed by atoms with Crippen LogP contribution in [0.5, 0.6) is 0 Å². The molecule has 0 aromatic heterocycles. The van der Waals surface area contributed by atoms with Crippen LogP contribution in [0.4, 0.5) is 4.39 Å². The predicted molar refractivity (Wildman–Crippen MR) is 87.8 cm³/mol. The van der Waals surface area contributed by atoms with E-state index in [1.165, 1.54) is 12.1 Å². The molecule has 23 heavy (non-hydrogen) atoms. The molecule has 0 aliphatic heterocycles. The summed E-state index contributed by atoms with van der Waals surface area (Å²) in [6.07, 6.45) is 2.22. The number of carbonyl (C=O) groups is 1. The second-order valence-electron chi connectivity index (χ2n) is 5.09. The van der Waals surface area contributed by atoms with Crippen LogP contribution in [-0.4, -0.2) is 25.3 Å². The molecule has 0 atom stereocenters. The SMILES string of the molecule is Cc1ccccc1/C=N\OCC(=O)NCCc1ccc(F)cc1. The fourth-order valence-electron chi connectivity index (χ4n) is 1.97. The summed E-state index contributed by atoms with van der Waals surface area (Å²) in [5, 5.41) is 6.52. The lowest BCUT2D eigenvalue weighted by molar-refractivity contribution is -0.125. The fourth-order valence-corrected chi connectivity index (χ4v) is 1.97. The molecule has 0 aliphatic carbocycles. The molecule has 0 unspecified atom stereocenters. The Morgan fingerprint density at radius 2 is 1.96 bits per heavy atom. The van der Waals surface area contributed by atoms with E-state index in [1.807, 2.05) is 31.2 Å². The van der Waals surface area contributed by atoms with E-state index in [2.05, 4.69) is 10.5 Å². The Morgan fingerprint density at radius 1 is 1.22 bits per heavy atom. The van der Waals surface area contributed by atoms with E-state index in [4.69, 9.17) is 4.84 Å². The van der Waals surface area contributed by atoms with Crippen LogP contribution in [-0.2, 0) is 16.1 Å². The number of hydrogen-bond donors (Lipinski definition) is 1. The number of benzene rings is 2. The third-order valence-electron chi connectivity index (χ3n) is 3.30. The molecule has 1 N–H and O–H groups in total. The first-order valence-electron chi connectivity index (χ1n) is 7.37.